The number of sulfonamides is 1. The predicted molar refractivity (Wildman–Crippen MR) is 79.2 cm³/mol. The molecule has 5 nitrogen and oxygen atoms in total. The Morgan fingerprint density at radius 1 is 1.32 bits per heavy atom. The summed E-state index contributed by atoms with van der Waals surface area (Å²) in [5.74, 6) is 0. The lowest BCUT2D eigenvalue weighted by Gasteiger charge is -2.11. The van der Waals surface area contributed by atoms with Crippen molar-refractivity contribution in [2.75, 3.05) is 20.6 Å². The van der Waals surface area contributed by atoms with Crippen LogP contribution in [0.3, 0.4) is 0 Å². The number of fused-ring (bicyclic) bond motifs is 1. The molecule has 0 aliphatic rings. The van der Waals surface area contributed by atoms with Crippen LogP contribution in [0.15, 0.2) is 29.3 Å². The molecule has 0 radical (unpaired) electrons. The van der Waals surface area contributed by atoms with Crippen molar-refractivity contribution < 1.29 is 8.42 Å². The lowest BCUT2D eigenvalue weighted by Crippen LogP contribution is -2.22. The Morgan fingerprint density at radius 3 is 2.58 bits per heavy atom. The minimum Gasteiger partial charge on any atom is -0.361 e. The van der Waals surface area contributed by atoms with Crippen LogP contribution in [-0.4, -0.2) is 38.3 Å². The van der Waals surface area contributed by atoms with Gasteiger partial charge in [-0.1, -0.05) is 0 Å². The van der Waals surface area contributed by atoms with Crippen molar-refractivity contribution in [1.29, 1.82) is 0 Å². The van der Waals surface area contributed by atoms with E-state index in [9.17, 15) is 8.42 Å². The monoisotopic (exact) mass is 303 g/mol. The third kappa shape index (κ3) is 2.92. The minimum absolute atomic E-state index is 0. The molecule has 1 heterocycles. The Hall–Kier alpha value is -1.08. The molecule has 0 bridgehead atoms. The van der Waals surface area contributed by atoms with Crippen LogP contribution in [0.5, 0.6) is 0 Å². The molecule has 7 heteroatoms. The van der Waals surface area contributed by atoms with E-state index in [0.29, 0.717) is 11.4 Å². The summed E-state index contributed by atoms with van der Waals surface area (Å²) in [6.07, 6.45) is 2.61. The fourth-order valence-electron chi connectivity index (χ4n) is 1.89. The van der Waals surface area contributed by atoms with Crippen LogP contribution >= 0.6 is 12.4 Å². The molecule has 0 atom stereocenters. The first-order chi connectivity index (χ1) is 8.46. The Labute approximate surface area is 119 Å². The fraction of sp³-hybridized carbons (Fsp3) is 0.333. The lowest BCUT2D eigenvalue weighted by molar-refractivity contribution is 0.521. The van der Waals surface area contributed by atoms with E-state index in [1.165, 1.54) is 18.4 Å². The largest absolute Gasteiger partial charge is 0.361 e. The van der Waals surface area contributed by atoms with Crippen molar-refractivity contribution in [2.24, 2.45) is 5.73 Å². The predicted octanol–water partition coefficient (Wildman–Crippen LogP) is 1.34. The van der Waals surface area contributed by atoms with E-state index >= 15 is 0 Å². The van der Waals surface area contributed by atoms with Crippen LogP contribution in [0.4, 0.5) is 0 Å². The van der Waals surface area contributed by atoms with E-state index in [1.807, 2.05) is 6.20 Å². The Bertz CT molecular complexity index is 665. The number of hydrogen-bond donors (Lipinski definition) is 2. The van der Waals surface area contributed by atoms with Crippen LogP contribution in [0.1, 0.15) is 5.56 Å². The number of H-pyrrole nitrogens is 1. The van der Waals surface area contributed by atoms with E-state index in [0.717, 1.165) is 22.9 Å². The molecule has 0 unspecified atom stereocenters. The van der Waals surface area contributed by atoms with Crippen LogP contribution in [0.25, 0.3) is 10.9 Å². The van der Waals surface area contributed by atoms with E-state index in [-0.39, 0.29) is 12.4 Å². The quantitative estimate of drug-likeness (QED) is 0.894. The molecule has 0 aliphatic carbocycles. The molecule has 0 amide bonds. The SMILES string of the molecule is CN(C)S(=O)(=O)c1ccc2[nH]cc(CCN)c2c1.Cl. The molecule has 0 fully saturated rings. The van der Waals surface area contributed by atoms with Crippen LogP contribution in [-0.2, 0) is 16.4 Å². The summed E-state index contributed by atoms with van der Waals surface area (Å²) in [4.78, 5) is 3.42. The number of nitrogens with zero attached hydrogens (tertiary/aromatic N) is 1. The van der Waals surface area contributed by atoms with Gasteiger partial charge in [0.2, 0.25) is 10.0 Å². The first kappa shape index (κ1) is 16.0. The van der Waals surface area contributed by atoms with Crippen molar-refractivity contribution >= 4 is 33.3 Å². The second-order valence-electron chi connectivity index (χ2n) is 4.35. The molecule has 0 aliphatic heterocycles. The van der Waals surface area contributed by atoms with Crippen LogP contribution < -0.4 is 5.73 Å². The summed E-state index contributed by atoms with van der Waals surface area (Å²) < 4.78 is 25.3. The van der Waals surface area contributed by atoms with Gasteiger partial charge >= 0.3 is 0 Å². The number of aromatic amines is 1. The van der Waals surface area contributed by atoms with Crippen LogP contribution in [0, 0.1) is 0 Å². The van der Waals surface area contributed by atoms with Crippen molar-refractivity contribution in [1.82, 2.24) is 9.29 Å². The smallest absolute Gasteiger partial charge is 0.242 e. The summed E-state index contributed by atoms with van der Waals surface area (Å²) >= 11 is 0. The third-order valence-corrected chi connectivity index (χ3v) is 4.74. The van der Waals surface area contributed by atoms with Gasteiger partial charge in [-0.25, -0.2) is 12.7 Å². The zero-order chi connectivity index (χ0) is 13.3. The second-order valence-corrected chi connectivity index (χ2v) is 6.50. The Morgan fingerprint density at radius 2 is 2.00 bits per heavy atom. The van der Waals surface area contributed by atoms with Gasteiger partial charge in [0.25, 0.3) is 0 Å². The maximum absolute atomic E-state index is 12.1. The average molecular weight is 304 g/mol. The maximum atomic E-state index is 12.1. The molecule has 0 saturated carbocycles. The van der Waals surface area contributed by atoms with E-state index in [4.69, 9.17) is 5.73 Å². The van der Waals surface area contributed by atoms with Crippen LogP contribution in [0.2, 0.25) is 0 Å². The zero-order valence-electron chi connectivity index (χ0n) is 10.9. The molecule has 106 valence electrons. The van der Waals surface area contributed by atoms with Gasteiger partial charge in [-0.15, -0.1) is 12.4 Å². The molecule has 0 saturated heterocycles. The molecule has 2 rings (SSSR count). The highest BCUT2D eigenvalue weighted by Gasteiger charge is 2.18. The molecule has 3 N–H and O–H groups in total. The number of nitrogens with two attached hydrogens (primary N) is 1. The first-order valence-electron chi connectivity index (χ1n) is 5.69. The topological polar surface area (TPSA) is 79.2 Å². The maximum Gasteiger partial charge on any atom is 0.242 e. The average Bonchev–Trinajstić information content (AvgIpc) is 2.72. The highest BCUT2D eigenvalue weighted by Crippen LogP contribution is 2.23. The van der Waals surface area contributed by atoms with Crippen molar-refractivity contribution in [3.05, 3.63) is 30.0 Å². The molecule has 0 spiro atoms. The minimum atomic E-state index is -3.39. The van der Waals surface area contributed by atoms with E-state index < -0.39 is 10.0 Å². The highest BCUT2D eigenvalue weighted by molar-refractivity contribution is 7.89. The van der Waals surface area contributed by atoms with Crippen molar-refractivity contribution in [3.63, 3.8) is 0 Å². The lowest BCUT2D eigenvalue weighted by atomic mass is 10.1. The summed E-state index contributed by atoms with van der Waals surface area (Å²) in [6.45, 7) is 0.539. The van der Waals surface area contributed by atoms with Gasteiger partial charge in [0, 0.05) is 31.2 Å². The number of aromatic nitrogens is 1. The normalized spacial score (nSPS) is 11.8. The summed E-state index contributed by atoms with van der Waals surface area (Å²) in [6, 6.07) is 5.10. The molecule has 19 heavy (non-hydrogen) atoms. The molecule has 1 aromatic carbocycles. The summed E-state index contributed by atoms with van der Waals surface area (Å²) in [5, 5.41) is 0.920. The number of hydrogen-bond acceptors (Lipinski definition) is 3. The summed E-state index contributed by atoms with van der Waals surface area (Å²) in [7, 11) is -0.339. The molecule has 1 aromatic heterocycles. The van der Waals surface area contributed by atoms with E-state index in [1.54, 1.807) is 18.2 Å². The van der Waals surface area contributed by atoms with Gasteiger partial charge in [-0.3, -0.25) is 0 Å². The van der Waals surface area contributed by atoms with Gasteiger partial charge in [-0.05, 0) is 36.7 Å². The fourth-order valence-corrected chi connectivity index (χ4v) is 2.82. The van der Waals surface area contributed by atoms with Gasteiger partial charge < -0.3 is 10.7 Å². The number of halogens is 1. The van der Waals surface area contributed by atoms with Gasteiger partial charge in [-0.2, -0.15) is 0 Å². The van der Waals surface area contributed by atoms with Gasteiger partial charge in [0.15, 0.2) is 0 Å². The number of rotatable bonds is 4. The van der Waals surface area contributed by atoms with E-state index in [2.05, 4.69) is 4.98 Å². The van der Waals surface area contributed by atoms with Crippen molar-refractivity contribution in [2.45, 2.75) is 11.3 Å². The molecular formula is C12H18ClN3O2S. The third-order valence-electron chi connectivity index (χ3n) is 2.93. The Kier molecular flexibility index (Phi) is 4.98. The highest BCUT2D eigenvalue weighted by atomic mass is 35.5. The van der Waals surface area contributed by atoms with Gasteiger partial charge in [0.1, 0.15) is 0 Å². The molecular weight excluding hydrogens is 286 g/mol. The van der Waals surface area contributed by atoms with Crippen molar-refractivity contribution in [3.8, 4) is 0 Å². The Balaban J connectivity index is 0.00000180. The standard InChI is InChI=1S/C12H17N3O2S.ClH/c1-15(2)18(16,17)10-3-4-12-11(7-10)9(5-6-13)8-14-12;/h3-4,7-8,14H,5-6,13H2,1-2H3;1H. The number of benzene rings is 1. The summed E-state index contributed by atoms with van der Waals surface area (Å²) in [5.41, 5.74) is 7.51. The molecule has 2 aromatic rings. The number of nitrogens with one attached hydrogen (secondary N) is 1. The second kappa shape index (κ2) is 5.92. The van der Waals surface area contributed by atoms with Gasteiger partial charge in [0.05, 0.1) is 4.90 Å². The zero-order valence-corrected chi connectivity index (χ0v) is 12.5. The first-order valence-corrected chi connectivity index (χ1v) is 7.13.